The Labute approximate surface area is 185 Å². The highest BCUT2D eigenvalue weighted by Gasteiger charge is 2.35. The van der Waals surface area contributed by atoms with Crippen molar-refractivity contribution in [1.82, 2.24) is 20.2 Å². The van der Waals surface area contributed by atoms with E-state index >= 15 is 0 Å². The van der Waals surface area contributed by atoms with Crippen LogP contribution in [0.4, 0.5) is 4.79 Å². The van der Waals surface area contributed by atoms with Crippen LogP contribution in [-0.4, -0.2) is 46.6 Å². The van der Waals surface area contributed by atoms with Crippen molar-refractivity contribution in [3.05, 3.63) is 88.5 Å². The van der Waals surface area contributed by atoms with Gasteiger partial charge in [0.1, 0.15) is 12.1 Å². The highest BCUT2D eigenvalue weighted by atomic mass is 35.5. The van der Waals surface area contributed by atoms with Gasteiger partial charge in [-0.15, -0.1) is 0 Å². The van der Waals surface area contributed by atoms with Crippen LogP contribution in [0.5, 0.6) is 0 Å². The number of esters is 1. The smallest absolute Gasteiger partial charge is 0.328 e. The summed E-state index contributed by atoms with van der Waals surface area (Å²) in [6.45, 7) is 0.480. The number of aromatic amines is 1. The number of methoxy groups -OCH3 is 1. The second kappa shape index (κ2) is 9.22. The summed E-state index contributed by atoms with van der Waals surface area (Å²) in [4.78, 5) is 35.1. The number of hydrogen-bond donors (Lipinski definition) is 2. The molecule has 2 heterocycles. The van der Waals surface area contributed by atoms with Crippen LogP contribution >= 0.6 is 11.6 Å². The van der Waals surface area contributed by atoms with Crippen LogP contribution in [0, 0.1) is 0 Å². The molecule has 2 aromatic carbocycles. The Balaban J connectivity index is 1.60. The van der Waals surface area contributed by atoms with Crippen LogP contribution in [0.2, 0.25) is 5.02 Å². The monoisotopic (exact) mass is 438 g/mol. The number of carbonyl (C=O) groups excluding carboxylic acids is 2. The van der Waals surface area contributed by atoms with Crippen LogP contribution in [0.15, 0.2) is 60.9 Å². The molecule has 0 saturated heterocycles. The molecule has 1 aliphatic heterocycles. The highest BCUT2D eigenvalue weighted by Crippen LogP contribution is 2.33. The number of halogens is 1. The lowest BCUT2D eigenvalue weighted by Gasteiger charge is -2.36. The number of ether oxygens (including phenoxy) is 1. The second-order valence-corrected chi connectivity index (χ2v) is 7.82. The molecular formula is C23H23ClN4O3. The van der Waals surface area contributed by atoms with E-state index in [0.29, 0.717) is 24.4 Å². The molecule has 2 N–H and O–H groups in total. The number of hydrogen-bond acceptors (Lipinski definition) is 4. The van der Waals surface area contributed by atoms with Crippen LogP contribution in [-0.2, 0) is 22.4 Å². The fraction of sp³-hybridized carbons (Fsp3) is 0.261. The SMILES string of the molecule is COC(=O)[C@H](Cc1ccccc1)NC(=O)N1CCc2[nH]cnc2[C@@H]1c1ccc(Cl)cc1. The molecule has 3 aromatic rings. The minimum absolute atomic E-state index is 0.340. The molecule has 0 fully saturated rings. The lowest BCUT2D eigenvalue weighted by molar-refractivity contribution is -0.142. The van der Waals surface area contributed by atoms with Crippen LogP contribution < -0.4 is 5.32 Å². The predicted octanol–water partition coefficient (Wildman–Crippen LogP) is 3.50. The van der Waals surface area contributed by atoms with Gasteiger partial charge in [-0.2, -0.15) is 0 Å². The molecule has 2 amide bonds. The number of imidazole rings is 1. The van der Waals surface area contributed by atoms with Gasteiger partial charge in [0, 0.05) is 30.1 Å². The van der Waals surface area contributed by atoms with Crippen molar-refractivity contribution in [2.24, 2.45) is 0 Å². The molecule has 7 nitrogen and oxygen atoms in total. The molecule has 1 aromatic heterocycles. The number of benzene rings is 2. The summed E-state index contributed by atoms with van der Waals surface area (Å²) in [7, 11) is 1.32. The van der Waals surface area contributed by atoms with Gasteiger partial charge in [-0.05, 0) is 23.3 Å². The topological polar surface area (TPSA) is 87.3 Å². The molecule has 0 bridgehead atoms. The van der Waals surface area contributed by atoms with E-state index in [1.807, 2.05) is 42.5 Å². The molecule has 0 spiro atoms. The minimum atomic E-state index is -0.800. The van der Waals surface area contributed by atoms with E-state index in [4.69, 9.17) is 16.3 Å². The van der Waals surface area contributed by atoms with Gasteiger partial charge in [0.25, 0.3) is 0 Å². The van der Waals surface area contributed by atoms with Gasteiger partial charge in [0.05, 0.1) is 19.1 Å². The third-order valence-corrected chi connectivity index (χ3v) is 5.69. The first kappa shape index (κ1) is 20.9. The van der Waals surface area contributed by atoms with Crippen molar-refractivity contribution >= 4 is 23.6 Å². The number of urea groups is 1. The molecule has 0 saturated carbocycles. The highest BCUT2D eigenvalue weighted by molar-refractivity contribution is 6.30. The largest absolute Gasteiger partial charge is 0.467 e. The van der Waals surface area contributed by atoms with E-state index in [1.165, 1.54) is 7.11 Å². The van der Waals surface area contributed by atoms with E-state index in [9.17, 15) is 9.59 Å². The van der Waals surface area contributed by atoms with Crippen molar-refractivity contribution in [2.45, 2.75) is 24.9 Å². The molecule has 8 heteroatoms. The van der Waals surface area contributed by atoms with Crippen LogP contribution in [0.25, 0.3) is 0 Å². The number of nitrogens with zero attached hydrogens (tertiary/aromatic N) is 2. The maximum Gasteiger partial charge on any atom is 0.328 e. The van der Waals surface area contributed by atoms with Gasteiger partial charge in [-0.3, -0.25) is 0 Å². The Morgan fingerprint density at radius 2 is 1.97 bits per heavy atom. The normalized spacial score (nSPS) is 16.3. The first-order valence-corrected chi connectivity index (χ1v) is 10.4. The van der Waals surface area contributed by atoms with E-state index in [2.05, 4.69) is 15.3 Å². The fourth-order valence-electron chi connectivity index (χ4n) is 3.90. The van der Waals surface area contributed by atoms with Gasteiger partial charge in [0.15, 0.2) is 0 Å². The first-order valence-electron chi connectivity index (χ1n) is 10.0. The van der Waals surface area contributed by atoms with Crippen molar-refractivity contribution in [1.29, 1.82) is 0 Å². The molecule has 0 aliphatic carbocycles. The molecule has 2 atom stereocenters. The zero-order chi connectivity index (χ0) is 21.8. The van der Waals surface area contributed by atoms with Crippen molar-refractivity contribution in [3.8, 4) is 0 Å². The zero-order valence-corrected chi connectivity index (χ0v) is 17.8. The van der Waals surface area contributed by atoms with Gasteiger partial charge in [-0.25, -0.2) is 14.6 Å². The second-order valence-electron chi connectivity index (χ2n) is 7.38. The average molecular weight is 439 g/mol. The fourth-order valence-corrected chi connectivity index (χ4v) is 4.02. The molecule has 0 radical (unpaired) electrons. The van der Waals surface area contributed by atoms with Crippen LogP contribution in [0.1, 0.15) is 28.6 Å². The molecule has 4 rings (SSSR count). The van der Waals surface area contributed by atoms with Gasteiger partial charge >= 0.3 is 12.0 Å². The first-order chi connectivity index (χ1) is 15.1. The van der Waals surface area contributed by atoms with E-state index in [1.54, 1.807) is 23.4 Å². The van der Waals surface area contributed by atoms with Crippen molar-refractivity contribution in [2.75, 3.05) is 13.7 Å². The summed E-state index contributed by atoms with van der Waals surface area (Å²) in [6.07, 6.45) is 2.63. The summed E-state index contributed by atoms with van der Waals surface area (Å²) >= 11 is 6.06. The summed E-state index contributed by atoms with van der Waals surface area (Å²) in [5.41, 5.74) is 3.62. The lowest BCUT2D eigenvalue weighted by atomic mass is 9.96. The van der Waals surface area contributed by atoms with Crippen LogP contribution in [0.3, 0.4) is 0 Å². The quantitative estimate of drug-likeness (QED) is 0.597. The Morgan fingerprint density at radius 1 is 1.23 bits per heavy atom. The van der Waals surface area contributed by atoms with Crippen molar-refractivity contribution in [3.63, 3.8) is 0 Å². The maximum atomic E-state index is 13.3. The van der Waals surface area contributed by atoms with Gasteiger partial charge in [-0.1, -0.05) is 54.1 Å². The number of carbonyl (C=O) groups is 2. The summed E-state index contributed by atoms with van der Waals surface area (Å²) in [6, 6.07) is 15.3. The molecule has 0 unspecified atom stereocenters. The van der Waals surface area contributed by atoms with Gasteiger partial charge < -0.3 is 19.9 Å². The minimum Gasteiger partial charge on any atom is -0.467 e. The van der Waals surface area contributed by atoms with Gasteiger partial charge in [0.2, 0.25) is 0 Å². The number of rotatable bonds is 5. The summed E-state index contributed by atoms with van der Waals surface area (Å²) in [5, 5.41) is 3.49. The molecular weight excluding hydrogens is 416 g/mol. The lowest BCUT2D eigenvalue weighted by Crippen LogP contribution is -2.52. The Kier molecular flexibility index (Phi) is 6.23. The zero-order valence-electron chi connectivity index (χ0n) is 17.0. The van der Waals surface area contributed by atoms with E-state index in [0.717, 1.165) is 22.5 Å². The third kappa shape index (κ3) is 4.56. The maximum absolute atomic E-state index is 13.3. The summed E-state index contributed by atoms with van der Waals surface area (Å²) in [5.74, 6) is -0.488. The van der Waals surface area contributed by atoms with E-state index < -0.39 is 12.0 Å². The third-order valence-electron chi connectivity index (χ3n) is 5.44. The Hall–Kier alpha value is -3.32. The summed E-state index contributed by atoms with van der Waals surface area (Å²) < 4.78 is 4.94. The Bertz CT molecular complexity index is 1050. The number of nitrogens with one attached hydrogen (secondary N) is 2. The van der Waals surface area contributed by atoms with Crippen molar-refractivity contribution < 1.29 is 14.3 Å². The van der Waals surface area contributed by atoms with E-state index in [-0.39, 0.29) is 12.1 Å². The molecule has 31 heavy (non-hydrogen) atoms. The molecule has 160 valence electrons. The molecule has 1 aliphatic rings. The average Bonchev–Trinajstić information content (AvgIpc) is 3.27. The number of H-pyrrole nitrogens is 1. The predicted molar refractivity (Wildman–Crippen MR) is 117 cm³/mol. The number of fused-ring (bicyclic) bond motifs is 1. The standard InChI is InChI=1S/C23H23ClN4O3/c1-31-22(29)19(13-15-5-3-2-4-6-15)27-23(30)28-12-11-18-20(26-14-25-18)21(28)16-7-9-17(24)10-8-16/h2-10,14,19,21H,11-13H2,1H3,(H,25,26)(H,27,30)/t19-,21-/m0/s1. The number of aromatic nitrogens is 2. The Morgan fingerprint density at radius 3 is 2.68 bits per heavy atom. The number of amides is 2.